The van der Waals surface area contributed by atoms with Crippen molar-refractivity contribution in [3.63, 3.8) is 0 Å². The van der Waals surface area contributed by atoms with Crippen LogP contribution in [0.4, 0.5) is 0 Å². The van der Waals surface area contributed by atoms with Crippen LogP contribution >= 0.6 is 0 Å². The summed E-state index contributed by atoms with van der Waals surface area (Å²) in [7, 11) is 0. The van der Waals surface area contributed by atoms with Gasteiger partial charge in [0.25, 0.3) is 0 Å². The lowest BCUT2D eigenvalue weighted by Crippen LogP contribution is -2.24. The first kappa shape index (κ1) is 21.1. The number of fused-ring (bicyclic) bond motifs is 2. The van der Waals surface area contributed by atoms with Crippen molar-refractivity contribution in [2.24, 2.45) is 5.10 Å². The number of hydrogen-bond acceptors (Lipinski definition) is 6. The minimum Gasteiger partial charge on any atom is -0.461 e. The van der Waals surface area contributed by atoms with Crippen molar-refractivity contribution in [1.29, 1.82) is 0 Å². The monoisotopic (exact) mass is 444 g/mol. The molecule has 0 fully saturated rings. The molecule has 1 aliphatic heterocycles. The molecule has 1 aromatic heterocycles. The second-order valence-corrected chi connectivity index (χ2v) is 8.40. The van der Waals surface area contributed by atoms with Crippen molar-refractivity contribution < 1.29 is 18.7 Å². The number of aryl methyl sites for hydroxylation is 2. The van der Waals surface area contributed by atoms with Gasteiger partial charge in [0.15, 0.2) is 0 Å². The Kier molecular flexibility index (Phi) is 5.77. The zero-order chi connectivity index (χ0) is 22.8. The second-order valence-electron chi connectivity index (χ2n) is 8.40. The highest BCUT2D eigenvalue weighted by molar-refractivity contribution is 6.02. The highest BCUT2D eigenvalue weighted by Crippen LogP contribution is 2.28. The average Bonchev–Trinajstić information content (AvgIpc) is 3.50. The molecule has 1 amide bonds. The molecule has 0 saturated heterocycles. The topological polar surface area (TPSA) is 89.2 Å². The Morgan fingerprint density at radius 2 is 1.79 bits per heavy atom. The molecule has 0 atom stereocenters. The summed E-state index contributed by atoms with van der Waals surface area (Å²) < 4.78 is 10.7. The summed E-state index contributed by atoms with van der Waals surface area (Å²) in [6.07, 6.45) is 3.73. The van der Waals surface area contributed by atoms with Crippen LogP contribution in [0.5, 0.6) is 0 Å². The zero-order valence-electron chi connectivity index (χ0n) is 18.2. The number of benzene rings is 2. The van der Waals surface area contributed by atoms with Crippen molar-refractivity contribution in [3.05, 3.63) is 81.2 Å². The minimum atomic E-state index is -0.489. The van der Waals surface area contributed by atoms with Gasteiger partial charge in [-0.15, -0.1) is 0 Å². The number of amides is 1. The number of carbonyl (C=O) groups excluding carboxylic acids is 2. The lowest BCUT2D eigenvalue weighted by atomic mass is 10.0. The van der Waals surface area contributed by atoms with E-state index in [4.69, 9.17) is 9.15 Å². The first-order valence-corrected chi connectivity index (χ1v) is 11.2. The quantitative estimate of drug-likeness (QED) is 0.427. The molecule has 5 rings (SSSR count). The third-order valence-corrected chi connectivity index (χ3v) is 6.17. The number of hydrogen-bond donors (Lipinski definition) is 0. The minimum absolute atomic E-state index is 0.0234. The van der Waals surface area contributed by atoms with Crippen LogP contribution in [0, 0.1) is 0 Å². The van der Waals surface area contributed by atoms with E-state index in [1.165, 1.54) is 22.2 Å². The standard InChI is InChI=1S/C26H24N2O5/c29-24(28-12-11-22(27-28)17-5-2-1-3-6-17)9-10-25(30)32-16-20-15-26(31)33-23-14-19-8-4-7-18(19)13-21(20)23/h1-3,5-6,13-15H,4,7-12,16H2. The second kappa shape index (κ2) is 9.02. The summed E-state index contributed by atoms with van der Waals surface area (Å²) in [6.45, 7) is 0.474. The van der Waals surface area contributed by atoms with E-state index < -0.39 is 11.6 Å². The maximum atomic E-state index is 12.5. The Bertz CT molecular complexity index is 1310. The van der Waals surface area contributed by atoms with E-state index in [9.17, 15) is 14.4 Å². The summed E-state index contributed by atoms with van der Waals surface area (Å²) in [5, 5.41) is 6.62. The van der Waals surface area contributed by atoms with E-state index in [2.05, 4.69) is 5.10 Å². The fraction of sp³-hybridized carbons (Fsp3) is 0.308. The van der Waals surface area contributed by atoms with E-state index >= 15 is 0 Å². The van der Waals surface area contributed by atoms with Gasteiger partial charge in [0.05, 0.1) is 18.7 Å². The molecule has 2 aliphatic rings. The molecule has 1 aliphatic carbocycles. The van der Waals surface area contributed by atoms with Crippen LogP contribution in [-0.2, 0) is 33.8 Å². The van der Waals surface area contributed by atoms with Gasteiger partial charge in [0.1, 0.15) is 12.2 Å². The van der Waals surface area contributed by atoms with Gasteiger partial charge in [-0.1, -0.05) is 30.3 Å². The van der Waals surface area contributed by atoms with Crippen LogP contribution in [0.1, 0.15) is 47.9 Å². The summed E-state index contributed by atoms with van der Waals surface area (Å²) in [6, 6.07) is 15.1. The molecule has 2 heterocycles. The van der Waals surface area contributed by atoms with Crippen molar-refractivity contribution in [2.75, 3.05) is 6.54 Å². The van der Waals surface area contributed by atoms with Crippen LogP contribution in [0.3, 0.4) is 0 Å². The van der Waals surface area contributed by atoms with Crippen LogP contribution in [-0.4, -0.2) is 29.1 Å². The maximum Gasteiger partial charge on any atom is 0.336 e. The van der Waals surface area contributed by atoms with Crippen molar-refractivity contribution in [2.45, 2.75) is 45.1 Å². The van der Waals surface area contributed by atoms with Gasteiger partial charge in [0, 0.05) is 29.9 Å². The highest BCUT2D eigenvalue weighted by Gasteiger charge is 2.22. The molecule has 0 spiro atoms. The zero-order valence-corrected chi connectivity index (χ0v) is 18.2. The Balaban J connectivity index is 1.19. The third-order valence-electron chi connectivity index (χ3n) is 6.17. The number of nitrogens with zero attached hydrogens (tertiary/aromatic N) is 2. The number of hydrazone groups is 1. The molecule has 3 aromatic rings. The van der Waals surface area contributed by atoms with Crippen molar-refractivity contribution in [3.8, 4) is 0 Å². The van der Waals surface area contributed by atoms with E-state index in [-0.39, 0.29) is 25.4 Å². The van der Waals surface area contributed by atoms with Gasteiger partial charge in [-0.2, -0.15) is 5.10 Å². The first-order valence-electron chi connectivity index (χ1n) is 11.2. The van der Waals surface area contributed by atoms with E-state index in [1.807, 2.05) is 42.5 Å². The molecule has 0 radical (unpaired) electrons. The van der Waals surface area contributed by atoms with Gasteiger partial charge in [-0.05, 0) is 48.1 Å². The molecule has 2 aromatic carbocycles. The molecule has 0 saturated carbocycles. The first-order chi connectivity index (χ1) is 16.1. The van der Waals surface area contributed by atoms with Gasteiger partial charge < -0.3 is 9.15 Å². The molecule has 168 valence electrons. The van der Waals surface area contributed by atoms with Crippen LogP contribution in [0.15, 0.2) is 62.8 Å². The summed E-state index contributed by atoms with van der Waals surface area (Å²) in [4.78, 5) is 36.8. The molecule has 33 heavy (non-hydrogen) atoms. The lowest BCUT2D eigenvalue weighted by molar-refractivity contribution is -0.147. The number of ether oxygens (including phenoxy) is 1. The van der Waals surface area contributed by atoms with Crippen molar-refractivity contribution in [1.82, 2.24) is 5.01 Å². The average molecular weight is 444 g/mol. The fourth-order valence-electron chi connectivity index (χ4n) is 4.45. The normalized spacial score (nSPS) is 14.9. The molecule has 7 nitrogen and oxygen atoms in total. The Labute approximate surface area is 190 Å². The molecule has 0 N–H and O–H groups in total. The van der Waals surface area contributed by atoms with Gasteiger partial charge in [0.2, 0.25) is 5.91 Å². The summed E-state index contributed by atoms with van der Waals surface area (Å²) in [5.74, 6) is -0.698. The highest BCUT2D eigenvalue weighted by atomic mass is 16.5. The van der Waals surface area contributed by atoms with E-state index in [0.29, 0.717) is 24.1 Å². The number of carbonyl (C=O) groups is 2. The smallest absolute Gasteiger partial charge is 0.336 e. The molecule has 7 heteroatoms. The predicted octanol–water partition coefficient (Wildman–Crippen LogP) is 3.74. The van der Waals surface area contributed by atoms with Gasteiger partial charge in [-0.25, -0.2) is 9.80 Å². The van der Waals surface area contributed by atoms with E-state index in [1.54, 1.807) is 0 Å². The Hall–Kier alpha value is -3.74. The molecule has 0 unspecified atom stereocenters. The van der Waals surface area contributed by atoms with Gasteiger partial charge >= 0.3 is 11.6 Å². The SMILES string of the molecule is O=C(CCC(=O)N1CCC(c2ccccc2)=N1)OCc1cc(=O)oc2cc3c(cc12)CCC3. The van der Waals surface area contributed by atoms with Crippen LogP contribution in [0.25, 0.3) is 11.0 Å². The lowest BCUT2D eigenvalue weighted by Gasteiger charge is -2.11. The van der Waals surface area contributed by atoms with E-state index in [0.717, 1.165) is 35.9 Å². The predicted molar refractivity (Wildman–Crippen MR) is 123 cm³/mol. The Morgan fingerprint density at radius 1 is 1.00 bits per heavy atom. The van der Waals surface area contributed by atoms with Crippen LogP contribution < -0.4 is 5.63 Å². The summed E-state index contributed by atoms with van der Waals surface area (Å²) in [5.41, 5.74) is 4.99. The van der Waals surface area contributed by atoms with Crippen LogP contribution in [0.2, 0.25) is 0 Å². The third kappa shape index (κ3) is 4.58. The number of esters is 1. The fourth-order valence-corrected chi connectivity index (χ4v) is 4.45. The maximum absolute atomic E-state index is 12.5. The summed E-state index contributed by atoms with van der Waals surface area (Å²) >= 11 is 0. The largest absolute Gasteiger partial charge is 0.461 e. The number of rotatable bonds is 6. The molecular weight excluding hydrogens is 420 g/mol. The molecular formula is C26H24N2O5. The Morgan fingerprint density at radius 3 is 2.61 bits per heavy atom. The van der Waals surface area contributed by atoms with Crippen molar-refractivity contribution >= 4 is 28.6 Å². The molecule has 0 bridgehead atoms. The van der Waals surface area contributed by atoms with Gasteiger partial charge in [-0.3, -0.25) is 9.59 Å².